The van der Waals surface area contributed by atoms with Gasteiger partial charge in [0, 0.05) is 30.4 Å². The smallest absolute Gasteiger partial charge is 0.229 e. The first-order chi connectivity index (χ1) is 14.3. The monoisotopic (exact) mass is 445 g/mol. The highest BCUT2D eigenvalue weighted by molar-refractivity contribution is 7.80. The number of thiocarbonyl (C=S) groups is 1. The third-order valence-corrected chi connectivity index (χ3v) is 5.25. The average Bonchev–Trinajstić information content (AvgIpc) is 2.68. The van der Waals surface area contributed by atoms with Gasteiger partial charge < -0.3 is 16.0 Å². The molecule has 1 fully saturated rings. The maximum absolute atomic E-state index is 11.5. The molecular weight excluding hydrogens is 422 g/mol. The number of rotatable bonds is 3. The van der Waals surface area contributed by atoms with E-state index < -0.39 is 0 Å². The minimum absolute atomic E-state index is 0.131. The molecule has 2 heterocycles. The molecule has 1 aliphatic heterocycles. The molecule has 2 aromatic rings. The maximum Gasteiger partial charge on any atom is 0.229 e. The molecule has 4 N–H and O–H groups in total. The lowest BCUT2D eigenvalue weighted by molar-refractivity contribution is -0.122. The second-order valence-corrected chi connectivity index (χ2v) is 7.90. The van der Waals surface area contributed by atoms with Crippen LogP contribution in [0.25, 0.3) is 0 Å². The minimum atomic E-state index is -0.269. The standard InChI is InChI=1S/C20H24ClN7OS/c1-12-11-13(2)24-18(23-12)26-19(28-9-7-14(8-10-28)17(22)29)27-20(30)25-16-6-4-3-5-15(16)21/h3-6,11,14H,7-10H2,1-2H3,(H2,22,29)(H2,23,24,25,26,27,30). The molecule has 10 heteroatoms. The number of carbonyl (C=O) groups excluding carboxylic acids is 1. The van der Waals surface area contributed by atoms with Gasteiger partial charge in [-0.05, 0) is 57.1 Å². The van der Waals surface area contributed by atoms with Gasteiger partial charge in [-0.1, -0.05) is 23.7 Å². The van der Waals surface area contributed by atoms with E-state index >= 15 is 0 Å². The lowest BCUT2D eigenvalue weighted by Crippen LogP contribution is -2.45. The van der Waals surface area contributed by atoms with Crippen LogP contribution in [0.5, 0.6) is 0 Å². The lowest BCUT2D eigenvalue weighted by Gasteiger charge is -2.32. The fourth-order valence-electron chi connectivity index (χ4n) is 3.24. The molecule has 8 nitrogen and oxygen atoms in total. The topological polar surface area (TPSA) is 109 Å². The number of piperidine rings is 1. The van der Waals surface area contributed by atoms with Gasteiger partial charge in [-0.2, -0.15) is 4.99 Å². The van der Waals surface area contributed by atoms with Crippen LogP contribution in [0.2, 0.25) is 5.02 Å². The van der Waals surface area contributed by atoms with E-state index in [1.165, 1.54) is 0 Å². The molecule has 1 saturated heterocycles. The molecule has 1 aliphatic rings. The highest BCUT2D eigenvalue weighted by Crippen LogP contribution is 2.21. The van der Waals surface area contributed by atoms with Crippen LogP contribution in [0, 0.1) is 19.8 Å². The predicted octanol–water partition coefficient (Wildman–Crippen LogP) is 3.11. The third-order valence-electron chi connectivity index (χ3n) is 4.73. The number of amides is 1. The Morgan fingerprint density at radius 1 is 1.20 bits per heavy atom. The molecular formula is C20H24ClN7OS. The van der Waals surface area contributed by atoms with E-state index in [0.29, 0.717) is 48.5 Å². The molecule has 0 spiro atoms. The van der Waals surface area contributed by atoms with E-state index in [2.05, 4.69) is 25.6 Å². The summed E-state index contributed by atoms with van der Waals surface area (Å²) >= 11 is 11.6. The molecule has 1 aromatic carbocycles. The van der Waals surface area contributed by atoms with Crippen molar-refractivity contribution in [2.45, 2.75) is 26.7 Å². The van der Waals surface area contributed by atoms with Crippen LogP contribution >= 0.6 is 23.8 Å². The van der Waals surface area contributed by atoms with Crippen molar-refractivity contribution < 1.29 is 4.79 Å². The molecule has 0 aliphatic carbocycles. The van der Waals surface area contributed by atoms with Gasteiger partial charge in [0.25, 0.3) is 0 Å². The van der Waals surface area contributed by atoms with Gasteiger partial charge in [0.15, 0.2) is 0 Å². The van der Waals surface area contributed by atoms with Gasteiger partial charge >= 0.3 is 0 Å². The molecule has 1 amide bonds. The molecule has 158 valence electrons. The van der Waals surface area contributed by atoms with Gasteiger partial charge in [0.1, 0.15) is 0 Å². The SMILES string of the molecule is Cc1cc(C)nc(N/C(=N/C(=S)Nc2ccccc2Cl)N2CCC(C(N)=O)CC2)n1. The second kappa shape index (κ2) is 9.82. The summed E-state index contributed by atoms with van der Waals surface area (Å²) in [4.78, 5) is 26.9. The highest BCUT2D eigenvalue weighted by Gasteiger charge is 2.25. The van der Waals surface area contributed by atoms with Crippen molar-refractivity contribution in [2.24, 2.45) is 16.6 Å². The number of primary amides is 1. The first-order valence-corrected chi connectivity index (χ1v) is 10.4. The van der Waals surface area contributed by atoms with E-state index in [1.54, 1.807) is 6.07 Å². The number of halogens is 1. The molecule has 30 heavy (non-hydrogen) atoms. The predicted molar refractivity (Wildman–Crippen MR) is 124 cm³/mol. The van der Waals surface area contributed by atoms with Gasteiger partial charge in [0.2, 0.25) is 22.9 Å². The fraction of sp³-hybridized carbons (Fsp3) is 0.350. The number of aryl methyl sites for hydroxylation is 2. The Morgan fingerprint density at radius 2 is 1.83 bits per heavy atom. The number of likely N-dealkylation sites (tertiary alicyclic amines) is 1. The number of guanidine groups is 1. The number of nitrogens with two attached hydrogens (primary N) is 1. The molecule has 0 unspecified atom stereocenters. The summed E-state index contributed by atoms with van der Waals surface area (Å²) in [7, 11) is 0. The van der Waals surface area contributed by atoms with Crippen molar-refractivity contribution in [3.8, 4) is 0 Å². The number of aliphatic imine (C=N–C) groups is 1. The Labute approximate surface area is 185 Å². The van der Waals surface area contributed by atoms with Crippen molar-refractivity contribution >= 4 is 52.4 Å². The summed E-state index contributed by atoms with van der Waals surface area (Å²) < 4.78 is 0. The van der Waals surface area contributed by atoms with E-state index in [1.807, 2.05) is 43.0 Å². The van der Waals surface area contributed by atoms with Gasteiger partial charge in [-0.15, -0.1) is 0 Å². The summed E-state index contributed by atoms with van der Waals surface area (Å²) in [5.74, 6) is 0.541. The minimum Gasteiger partial charge on any atom is -0.369 e. The zero-order chi connectivity index (χ0) is 21.7. The summed E-state index contributed by atoms with van der Waals surface area (Å²) in [5.41, 5.74) is 7.81. The number of nitrogens with one attached hydrogen (secondary N) is 2. The van der Waals surface area contributed by atoms with Crippen molar-refractivity contribution in [3.63, 3.8) is 0 Å². The summed E-state index contributed by atoms with van der Waals surface area (Å²) in [6.45, 7) is 5.02. The molecule has 0 radical (unpaired) electrons. The molecule has 3 rings (SSSR count). The van der Waals surface area contributed by atoms with Crippen LogP contribution in [0.15, 0.2) is 35.3 Å². The van der Waals surface area contributed by atoms with Crippen LogP contribution in [0.4, 0.5) is 11.6 Å². The summed E-state index contributed by atoms with van der Waals surface area (Å²) in [6.07, 6.45) is 1.29. The number of hydrogen-bond acceptors (Lipinski definition) is 4. The normalized spacial score (nSPS) is 15.0. The first kappa shape index (κ1) is 21.9. The number of para-hydroxylation sites is 1. The Hall–Kier alpha value is -2.78. The Bertz CT molecular complexity index is 953. The van der Waals surface area contributed by atoms with Crippen LogP contribution < -0.4 is 16.4 Å². The zero-order valence-corrected chi connectivity index (χ0v) is 18.4. The van der Waals surface area contributed by atoms with E-state index in [0.717, 1.165) is 11.4 Å². The van der Waals surface area contributed by atoms with Gasteiger partial charge in [0.05, 0.1) is 10.7 Å². The maximum atomic E-state index is 11.5. The molecule has 0 bridgehead atoms. The van der Waals surface area contributed by atoms with Crippen molar-refractivity contribution in [3.05, 3.63) is 46.7 Å². The largest absolute Gasteiger partial charge is 0.369 e. The number of anilines is 2. The Kier molecular flexibility index (Phi) is 7.17. The number of benzene rings is 1. The van der Waals surface area contributed by atoms with Crippen molar-refractivity contribution in [1.82, 2.24) is 14.9 Å². The number of aromatic nitrogens is 2. The van der Waals surface area contributed by atoms with Gasteiger partial charge in [-0.3, -0.25) is 10.1 Å². The first-order valence-electron chi connectivity index (χ1n) is 9.59. The number of hydrogen-bond donors (Lipinski definition) is 3. The van der Waals surface area contributed by atoms with Crippen LogP contribution in [-0.4, -0.2) is 44.9 Å². The second-order valence-electron chi connectivity index (χ2n) is 7.11. The summed E-state index contributed by atoms with van der Waals surface area (Å²) in [6, 6.07) is 9.19. The fourth-order valence-corrected chi connectivity index (χ4v) is 3.62. The van der Waals surface area contributed by atoms with Crippen LogP contribution in [0.1, 0.15) is 24.2 Å². The van der Waals surface area contributed by atoms with Crippen LogP contribution in [0.3, 0.4) is 0 Å². The number of carbonyl (C=O) groups is 1. The van der Waals surface area contributed by atoms with Crippen molar-refractivity contribution in [2.75, 3.05) is 23.7 Å². The van der Waals surface area contributed by atoms with E-state index in [4.69, 9.17) is 29.6 Å². The molecule has 0 saturated carbocycles. The van der Waals surface area contributed by atoms with Crippen LogP contribution in [-0.2, 0) is 4.79 Å². The Morgan fingerprint density at radius 3 is 2.43 bits per heavy atom. The van der Waals surface area contributed by atoms with Gasteiger partial charge in [-0.25, -0.2) is 9.97 Å². The highest BCUT2D eigenvalue weighted by atomic mass is 35.5. The lowest BCUT2D eigenvalue weighted by atomic mass is 9.96. The average molecular weight is 446 g/mol. The molecule has 1 aromatic heterocycles. The third kappa shape index (κ3) is 5.87. The quantitative estimate of drug-likeness (QED) is 0.378. The number of nitrogens with zero attached hydrogens (tertiary/aromatic N) is 4. The zero-order valence-electron chi connectivity index (χ0n) is 16.9. The van der Waals surface area contributed by atoms with Crippen molar-refractivity contribution in [1.29, 1.82) is 0 Å². The molecule has 0 atom stereocenters. The Balaban J connectivity index is 1.82. The van der Waals surface area contributed by atoms with E-state index in [-0.39, 0.29) is 16.9 Å². The summed E-state index contributed by atoms with van der Waals surface area (Å²) in [5, 5.41) is 7.02. The van der Waals surface area contributed by atoms with E-state index in [9.17, 15) is 4.79 Å².